The van der Waals surface area contributed by atoms with Gasteiger partial charge in [0.05, 0.1) is 12.1 Å². The number of carbonyl (C=O) groups is 1. The number of aryl methyl sites for hydroxylation is 1. The van der Waals surface area contributed by atoms with Gasteiger partial charge < -0.3 is 15.0 Å². The topological polar surface area (TPSA) is 54.3 Å². The highest BCUT2D eigenvalue weighted by Gasteiger charge is 2.36. The first-order valence-corrected chi connectivity index (χ1v) is 8.58. The molecule has 1 aromatic heterocycles. The van der Waals surface area contributed by atoms with Crippen molar-refractivity contribution in [3.05, 3.63) is 22.4 Å². The standard InChI is InChI=1S/C16H25BrN2O2/c1-3-7-19-10-13(17)8-14(19)15(21)18-16(11-20)6-4-5-12(2)9-16/h8,10,12,20H,3-7,9,11H2,1-2H3,(H,18,21). The third-order valence-electron chi connectivity index (χ3n) is 4.33. The molecule has 0 spiro atoms. The summed E-state index contributed by atoms with van der Waals surface area (Å²) in [5.74, 6) is 0.456. The van der Waals surface area contributed by atoms with Crippen LogP contribution in [0.15, 0.2) is 16.7 Å². The van der Waals surface area contributed by atoms with Crippen molar-refractivity contribution < 1.29 is 9.90 Å². The molecule has 21 heavy (non-hydrogen) atoms. The zero-order valence-corrected chi connectivity index (χ0v) is 14.4. The Morgan fingerprint density at radius 1 is 1.62 bits per heavy atom. The molecule has 4 nitrogen and oxygen atoms in total. The van der Waals surface area contributed by atoms with Crippen LogP contribution in [0.1, 0.15) is 56.4 Å². The van der Waals surface area contributed by atoms with Gasteiger partial charge in [0.25, 0.3) is 5.91 Å². The van der Waals surface area contributed by atoms with E-state index >= 15 is 0 Å². The van der Waals surface area contributed by atoms with E-state index < -0.39 is 5.54 Å². The molecule has 1 aromatic rings. The van der Waals surface area contributed by atoms with Crippen LogP contribution < -0.4 is 5.32 Å². The van der Waals surface area contributed by atoms with E-state index in [-0.39, 0.29) is 12.5 Å². The minimum atomic E-state index is -0.456. The molecule has 2 N–H and O–H groups in total. The van der Waals surface area contributed by atoms with Crippen molar-refractivity contribution >= 4 is 21.8 Å². The highest BCUT2D eigenvalue weighted by Crippen LogP contribution is 2.32. The number of aromatic nitrogens is 1. The molecular formula is C16H25BrN2O2. The van der Waals surface area contributed by atoms with E-state index in [1.807, 2.05) is 16.8 Å². The molecule has 0 aliphatic heterocycles. The molecule has 0 saturated heterocycles. The van der Waals surface area contributed by atoms with Gasteiger partial charge in [-0.05, 0) is 47.2 Å². The summed E-state index contributed by atoms with van der Waals surface area (Å²) in [5.41, 5.74) is 0.206. The van der Waals surface area contributed by atoms with Crippen LogP contribution in [-0.4, -0.2) is 27.7 Å². The molecule has 5 heteroatoms. The lowest BCUT2D eigenvalue weighted by molar-refractivity contribution is 0.0689. The van der Waals surface area contributed by atoms with Gasteiger partial charge in [0.1, 0.15) is 5.69 Å². The number of nitrogens with one attached hydrogen (secondary N) is 1. The Bertz CT molecular complexity index is 500. The maximum Gasteiger partial charge on any atom is 0.268 e. The first kappa shape index (κ1) is 16.6. The van der Waals surface area contributed by atoms with Crippen LogP contribution in [-0.2, 0) is 6.54 Å². The number of hydrogen-bond acceptors (Lipinski definition) is 2. The van der Waals surface area contributed by atoms with Crippen molar-refractivity contribution in [3.63, 3.8) is 0 Å². The Kier molecular flexibility index (Phi) is 5.49. The maximum absolute atomic E-state index is 12.6. The zero-order valence-electron chi connectivity index (χ0n) is 12.9. The second-order valence-electron chi connectivity index (χ2n) is 6.33. The highest BCUT2D eigenvalue weighted by molar-refractivity contribution is 9.10. The fourth-order valence-electron chi connectivity index (χ4n) is 3.35. The summed E-state index contributed by atoms with van der Waals surface area (Å²) in [6.45, 7) is 5.11. The number of hydrogen-bond donors (Lipinski definition) is 2. The summed E-state index contributed by atoms with van der Waals surface area (Å²) in [6.07, 6.45) is 6.86. The van der Waals surface area contributed by atoms with E-state index in [2.05, 4.69) is 35.1 Å². The van der Waals surface area contributed by atoms with Crippen LogP contribution in [0, 0.1) is 5.92 Å². The molecule has 1 amide bonds. The third kappa shape index (κ3) is 3.89. The summed E-state index contributed by atoms with van der Waals surface area (Å²) in [6, 6.07) is 1.85. The average Bonchev–Trinajstić information content (AvgIpc) is 2.80. The quantitative estimate of drug-likeness (QED) is 0.849. The fourth-order valence-corrected chi connectivity index (χ4v) is 3.82. The zero-order chi connectivity index (χ0) is 15.5. The van der Waals surface area contributed by atoms with E-state index in [1.165, 1.54) is 6.42 Å². The van der Waals surface area contributed by atoms with Crippen LogP contribution in [0.4, 0.5) is 0 Å². The van der Waals surface area contributed by atoms with E-state index in [0.717, 1.165) is 36.7 Å². The van der Waals surface area contributed by atoms with Gasteiger partial charge in [-0.15, -0.1) is 0 Å². The van der Waals surface area contributed by atoms with Crippen LogP contribution in [0.3, 0.4) is 0 Å². The van der Waals surface area contributed by atoms with Crippen LogP contribution >= 0.6 is 15.9 Å². The first-order valence-electron chi connectivity index (χ1n) is 7.79. The molecule has 0 radical (unpaired) electrons. The molecule has 0 aromatic carbocycles. The Morgan fingerprint density at radius 2 is 2.38 bits per heavy atom. The number of halogens is 1. The number of aliphatic hydroxyl groups excluding tert-OH is 1. The second-order valence-corrected chi connectivity index (χ2v) is 7.25. The minimum absolute atomic E-state index is 0.0126. The van der Waals surface area contributed by atoms with Gasteiger partial charge in [-0.3, -0.25) is 4.79 Å². The number of amides is 1. The van der Waals surface area contributed by atoms with E-state index in [4.69, 9.17) is 0 Å². The van der Waals surface area contributed by atoms with Crippen molar-refractivity contribution in [2.24, 2.45) is 5.92 Å². The first-order chi connectivity index (χ1) is 9.99. The van der Waals surface area contributed by atoms with Gasteiger partial charge in [-0.25, -0.2) is 0 Å². The van der Waals surface area contributed by atoms with Crippen molar-refractivity contribution in [1.29, 1.82) is 0 Å². The van der Waals surface area contributed by atoms with Gasteiger partial charge >= 0.3 is 0 Å². The molecule has 2 atom stereocenters. The lowest BCUT2D eigenvalue weighted by Crippen LogP contribution is -2.54. The number of carbonyl (C=O) groups excluding carboxylic acids is 1. The lowest BCUT2D eigenvalue weighted by atomic mass is 9.77. The number of rotatable bonds is 5. The van der Waals surface area contributed by atoms with Gasteiger partial charge in [0, 0.05) is 17.2 Å². The smallest absolute Gasteiger partial charge is 0.268 e. The van der Waals surface area contributed by atoms with Gasteiger partial charge in [0.15, 0.2) is 0 Å². The van der Waals surface area contributed by atoms with Gasteiger partial charge in [0.2, 0.25) is 0 Å². The lowest BCUT2D eigenvalue weighted by Gasteiger charge is -2.39. The van der Waals surface area contributed by atoms with Gasteiger partial charge in [-0.2, -0.15) is 0 Å². The molecule has 0 bridgehead atoms. The Hall–Kier alpha value is -0.810. The Labute approximate surface area is 135 Å². The maximum atomic E-state index is 12.6. The van der Waals surface area contributed by atoms with Gasteiger partial charge in [-0.1, -0.05) is 26.7 Å². The van der Waals surface area contributed by atoms with Crippen LogP contribution in [0.25, 0.3) is 0 Å². The number of aliphatic hydroxyl groups is 1. The Morgan fingerprint density at radius 3 is 3.00 bits per heavy atom. The predicted molar refractivity (Wildman–Crippen MR) is 87.3 cm³/mol. The largest absolute Gasteiger partial charge is 0.394 e. The molecule has 118 valence electrons. The minimum Gasteiger partial charge on any atom is -0.394 e. The second kappa shape index (κ2) is 6.97. The molecule has 1 saturated carbocycles. The predicted octanol–water partition coefficient (Wildman–Crippen LogP) is 3.33. The molecule has 1 aliphatic carbocycles. The molecule has 1 aliphatic rings. The molecule has 2 rings (SSSR count). The summed E-state index contributed by atoms with van der Waals surface area (Å²) in [7, 11) is 0. The van der Waals surface area contributed by atoms with E-state index in [0.29, 0.717) is 11.6 Å². The van der Waals surface area contributed by atoms with E-state index in [1.54, 1.807) is 0 Å². The molecule has 2 unspecified atom stereocenters. The Balaban J connectivity index is 2.16. The SMILES string of the molecule is CCCn1cc(Br)cc1C(=O)NC1(CO)CCCC(C)C1. The highest BCUT2D eigenvalue weighted by atomic mass is 79.9. The molecule has 1 heterocycles. The summed E-state index contributed by atoms with van der Waals surface area (Å²) in [5, 5.41) is 12.9. The fraction of sp³-hybridized carbons (Fsp3) is 0.688. The monoisotopic (exact) mass is 356 g/mol. The van der Waals surface area contributed by atoms with Crippen molar-refractivity contribution in [1.82, 2.24) is 9.88 Å². The summed E-state index contributed by atoms with van der Waals surface area (Å²) in [4.78, 5) is 12.6. The normalized spacial score (nSPS) is 25.8. The van der Waals surface area contributed by atoms with Crippen molar-refractivity contribution in [2.75, 3.05) is 6.61 Å². The number of nitrogens with zero attached hydrogens (tertiary/aromatic N) is 1. The third-order valence-corrected chi connectivity index (χ3v) is 4.77. The van der Waals surface area contributed by atoms with Crippen LogP contribution in [0.2, 0.25) is 0 Å². The van der Waals surface area contributed by atoms with Crippen LogP contribution in [0.5, 0.6) is 0 Å². The molecular weight excluding hydrogens is 332 g/mol. The van der Waals surface area contributed by atoms with Crippen molar-refractivity contribution in [2.45, 2.75) is 58.0 Å². The average molecular weight is 357 g/mol. The summed E-state index contributed by atoms with van der Waals surface area (Å²) < 4.78 is 2.88. The molecule has 1 fully saturated rings. The summed E-state index contributed by atoms with van der Waals surface area (Å²) >= 11 is 3.44. The van der Waals surface area contributed by atoms with E-state index in [9.17, 15) is 9.90 Å². The van der Waals surface area contributed by atoms with Crippen molar-refractivity contribution in [3.8, 4) is 0 Å².